The van der Waals surface area contributed by atoms with Crippen LogP contribution in [0.1, 0.15) is 25.8 Å². The van der Waals surface area contributed by atoms with Crippen LogP contribution in [0.3, 0.4) is 0 Å². The quantitative estimate of drug-likeness (QED) is 0.849. The molecular weight excluding hydrogens is 356 g/mol. The molecule has 0 saturated heterocycles. The van der Waals surface area contributed by atoms with Crippen LogP contribution in [-0.4, -0.2) is 19.6 Å². The second-order valence-corrected chi connectivity index (χ2v) is 9.16. The molecular formula is C18H20N2O3S2. The van der Waals surface area contributed by atoms with E-state index in [0.717, 1.165) is 16.9 Å². The second kappa shape index (κ2) is 7.09. The molecule has 25 heavy (non-hydrogen) atoms. The van der Waals surface area contributed by atoms with Crippen LogP contribution >= 0.6 is 11.8 Å². The Morgan fingerprint density at radius 3 is 2.80 bits per heavy atom. The molecule has 1 unspecified atom stereocenters. The van der Waals surface area contributed by atoms with E-state index in [4.69, 9.17) is 0 Å². The molecule has 7 heteroatoms. The van der Waals surface area contributed by atoms with E-state index in [2.05, 4.69) is 10.0 Å². The zero-order valence-corrected chi connectivity index (χ0v) is 15.7. The number of sulfonamides is 1. The Morgan fingerprint density at radius 1 is 1.24 bits per heavy atom. The largest absolute Gasteiger partial charge is 0.325 e. The molecule has 132 valence electrons. The van der Waals surface area contributed by atoms with Crippen molar-refractivity contribution in [3.05, 3.63) is 48.0 Å². The Kier molecular flexibility index (Phi) is 5.06. The topological polar surface area (TPSA) is 75.3 Å². The van der Waals surface area contributed by atoms with Crippen LogP contribution in [0.25, 0.3) is 0 Å². The maximum Gasteiger partial charge on any atom is 0.261 e. The highest BCUT2D eigenvalue weighted by Gasteiger charge is 2.22. The fourth-order valence-corrected chi connectivity index (χ4v) is 4.79. The Bertz CT molecular complexity index is 910. The number of hydrogen-bond donors (Lipinski definition) is 2. The van der Waals surface area contributed by atoms with Crippen molar-refractivity contribution in [3.63, 3.8) is 0 Å². The second-order valence-electron chi connectivity index (χ2n) is 6.00. The van der Waals surface area contributed by atoms with Gasteiger partial charge in [-0.05, 0) is 42.3 Å². The summed E-state index contributed by atoms with van der Waals surface area (Å²) < 4.78 is 28.0. The average molecular weight is 377 g/mol. The van der Waals surface area contributed by atoms with Crippen LogP contribution in [0.4, 0.5) is 11.4 Å². The molecule has 3 rings (SSSR count). The molecule has 0 fully saturated rings. The van der Waals surface area contributed by atoms with Crippen molar-refractivity contribution in [2.45, 2.75) is 41.7 Å². The number of thioether (sulfide) groups is 1. The zero-order valence-electron chi connectivity index (χ0n) is 14.1. The van der Waals surface area contributed by atoms with Crippen LogP contribution < -0.4 is 10.0 Å². The molecule has 1 atom stereocenters. The fourth-order valence-electron chi connectivity index (χ4n) is 2.67. The number of carbonyl (C=O) groups excluding carboxylic acids is 1. The molecule has 0 radical (unpaired) electrons. The smallest absolute Gasteiger partial charge is 0.261 e. The summed E-state index contributed by atoms with van der Waals surface area (Å²) in [6, 6.07) is 12.2. The van der Waals surface area contributed by atoms with Crippen LogP contribution in [0.5, 0.6) is 0 Å². The molecule has 1 heterocycles. The summed E-state index contributed by atoms with van der Waals surface area (Å²) in [5.74, 6) is -0.100. The molecule has 0 aromatic heterocycles. The third-order valence-corrected chi connectivity index (χ3v) is 6.48. The van der Waals surface area contributed by atoms with Gasteiger partial charge >= 0.3 is 0 Å². The monoisotopic (exact) mass is 376 g/mol. The minimum absolute atomic E-state index is 0.100. The van der Waals surface area contributed by atoms with Gasteiger partial charge in [0.05, 0.1) is 10.6 Å². The van der Waals surface area contributed by atoms with Crippen LogP contribution in [-0.2, 0) is 21.2 Å². The maximum absolute atomic E-state index is 12.7. The van der Waals surface area contributed by atoms with Crippen LogP contribution in [0.2, 0.25) is 0 Å². The third-order valence-electron chi connectivity index (χ3n) is 3.92. The van der Waals surface area contributed by atoms with Gasteiger partial charge in [-0.3, -0.25) is 9.52 Å². The summed E-state index contributed by atoms with van der Waals surface area (Å²) in [6.45, 7) is 3.99. The lowest BCUT2D eigenvalue weighted by molar-refractivity contribution is -0.116. The van der Waals surface area contributed by atoms with Gasteiger partial charge in [-0.25, -0.2) is 8.42 Å². The standard InChI is InChI=1S/C18H20N2O3S2/c1-3-13-5-4-6-14(10-13)20-25(22,23)15-7-8-17-16(11-15)19-18(21)9-12(2)24-17/h4-8,10-12,20H,3,9H2,1-2H3,(H,19,21). The van der Waals surface area contributed by atoms with Crippen LogP contribution in [0.15, 0.2) is 52.3 Å². The third kappa shape index (κ3) is 4.16. The summed E-state index contributed by atoms with van der Waals surface area (Å²) in [7, 11) is -3.73. The first-order valence-corrected chi connectivity index (χ1v) is 10.5. The van der Waals surface area contributed by atoms with E-state index in [0.29, 0.717) is 17.8 Å². The Labute approximate surface area is 152 Å². The minimum atomic E-state index is -3.73. The predicted octanol–water partition coefficient (Wildman–Crippen LogP) is 3.87. The van der Waals surface area contributed by atoms with Crippen molar-refractivity contribution in [1.29, 1.82) is 0 Å². The van der Waals surface area contributed by atoms with E-state index < -0.39 is 10.0 Å². The van der Waals surface area contributed by atoms with E-state index in [1.165, 1.54) is 6.07 Å². The Morgan fingerprint density at radius 2 is 2.04 bits per heavy atom. The lowest BCUT2D eigenvalue weighted by Gasteiger charge is -2.12. The van der Waals surface area contributed by atoms with Crippen LogP contribution in [0, 0.1) is 0 Å². The van der Waals surface area contributed by atoms with Crippen molar-refractivity contribution in [2.24, 2.45) is 0 Å². The first-order valence-electron chi connectivity index (χ1n) is 8.09. The summed E-state index contributed by atoms with van der Waals surface area (Å²) in [4.78, 5) is 12.9. The normalized spacial score (nSPS) is 17.4. The summed E-state index contributed by atoms with van der Waals surface area (Å²) in [6.07, 6.45) is 1.24. The van der Waals surface area contributed by atoms with Gasteiger partial charge in [-0.2, -0.15) is 0 Å². The van der Waals surface area contributed by atoms with E-state index >= 15 is 0 Å². The predicted molar refractivity (Wildman–Crippen MR) is 102 cm³/mol. The van der Waals surface area contributed by atoms with E-state index in [-0.39, 0.29) is 16.1 Å². The van der Waals surface area contributed by atoms with E-state index in [1.807, 2.05) is 32.0 Å². The number of nitrogens with one attached hydrogen (secondary N) is 2. The first kappa shape index (κ1) is 17.8. The van der Waals surface area contributed by atoms with Gasteiger partial charge in [0.2, 0.25) is 5.91 Å². The van der Waals surface area contributed by atoms with Gasteiger partial charge in [0, 0.05) is 22.3 Å². The highest BCUT2D eigenvalue weighted by molar-refractivity contribution is 8.00. The number of anilines is 2. The first-order chi connectivity index (χ1) is 11.9. The SMILES string of the molecule is CCc1cccc(NS(=O)(=O)c2ccc3c(c2)NC(=O)CC(C)S3)c1. The molecule has 2 N–H and O–H groups in total. The Balaban J connectivity index is 1.91. The molecule has 0 spiro atoms. The maximum atomic E-state index is 12.7. The molecule has 2 aromatic carbocycles. The van der Waals surface area contributed by atoms with Gasteiger partial charge in [0.1, 0.15) is 0 Å². The number of fused-ring (bicyclic) bond motifs is 1. The number of benzene rings is 2. The molecule has 0 saturated carbocycles. The number of amides is 1. The number of hydrogen-bond acceptors (Lipinski definition) is 4. The lowest BCUT2D eigenvalue weighted by Crippen LogP contribution is -2.15. The van der Waals surface area contributed by atoms with E-state index in [9.17, 15) is 13.2 Å². The zero-order chi connectivity index (χ0) is 18.0. The molecule has 1 aliphatic rings. The average Bonchev–Trinajstić information content (AvgIpc) is 2.70. The van der Waals surface area contributed by atoms with Crippen molar-refractivity contribution in [2.75, 3.05) is 10.0 Å². The van der Waals surface area contributed by atoms with Gasteiger partial charge in [0.25, 0.3) is 10.0 Å². The fraction of sp³-hybridized carbons (Fsp3) is 0.278. The highest BCUT2D eigenvalue weighted by atomic mass is 32.2. The van der Waals surface area contributed by atoms with Crippen molar-refractivity contribution >= 4 is 39.1 Å². The van der Waals surface area contributed by atoms with Gasteiger partial charge in [0.15, 0.2) is 0 Å². The highest BCUT2D eigenvalue weighted by Crippen LogP contribution is 2.36. The molecule has 1 amide bonds. The van der Waals surface area contributed by atoms with Crippen molar-refractivity contribution < 1.29 is 13.2 Å². The molecule has 5 nitrogen and oxygen atoms in total. The summed E-state index contributed by atoms with van der Waals surface area (Å²) in [5.41, 5.74) is 2.13. The van der Waals surface area contributed by atoms with E-state index in [1.54, 1.807) is 30.0 Å². The summed E-state index contributed by atoms with van der Waals surface area (Å²) in [5, 5.41) is 2.95. The van der Waals surface area contributed by atoms with Gasteiger partial charge < -0.3 is 5.32 Å². The molecule has 2 aromatic rings. The number of aryl methyl sites for hydroxylation is 1. The summed E-state index contributed by atoms with van der Waals surface area (Å²) >= 11 is 1.57. The number of rotatable bonds is 4. The van der Waals surface area contributed by atoms with Crippen molar-refractivity contribution in [3.8, 4) is 0 Å². The van der Waals surface area contributed by atoms with Gasteiger partial charge in [-0.15, -0.1) is 11.8 Å². The Hall–Kier alpha value is -1.99. The molecule has 0 aliphatic carbocycles. The molecule has 1 aliphatic heterocycles. The lowest BCUT2D eigenvalue weighted by atomic mass is 10.1. The minimum Gasteiger partial charge on any atom is -0.325 e. The number of carbonyl (C=O) groups is 1. The van der Waals surface area contributed by atoms with Crippen molar-refractivity contribution in [1.82, 2.24) is 0 Å². The van der Waals surface area contributed by atoms with Gasteiger partial charge in [-0.1, -0.05) is 26.0 Å². The molecule has 0 bridgehead atoms.